The molecule has 8 rings (SSSR count). The molecular formula is C46H34N4. The highest BCUT2D eigenvalue weighted by Crippen LogP contribution is 2.34. The lowest BCUT2D eigenvalue weighted by atomic mass is 9.96. The molecule has 0 aliphatic carbocycles. The van der Waals surface area contributed by atoms with Crippen molar-refractivity contribution in [2.24, 2.45) is 0 Å². The highest BCUT2D eigenvalue weighted by molar-refractivity contribution is 6.08. The number of hydrogen-bond acceptors (Lipinski definition) is 4. The molecule has 1 aromatic heterocycles. The van der Waals surface area contributed by atoms with Crippen molar-refractivity contribution in [2.75, 3.05) is 7.05 Å². The van der Waals surface area contributed by atoms with Crippen LogP contribution in [0.1, 0.15) is 5.56 Å². The molecule has 50 heavy (non-hydrogen) atoms. The first-order valence-electron chi connectivity index (χ1n) is 16.7. The first kappa shape index (κ1) is 30.7. The van der Waals surface area contributed by atoms with Gasteiger partial charge in [0.1, 0.15) is 0 Å². The number of fused-ring (bicyclic) bond motifs is 2. The second-order valence-corrected chi connectivity index (χ2v) is 12.3. The molecule has 0 amide bonds. The van der Waals surface area contributed by atoms with Crippen LogP contribution in [-0.2, 0) is 0 Å². The molecule has 0 aliphatic heterocycles. The highest BCUT2D eigenvalue weighted by atomic mass is 14.9. The Morgan fingerprint density at radius 3 is 1.90 bits per heavy atom. The van der Waals surface area contributed by atoms with Gasteiger partial charge < -0.3 is 10.7 Å². The van der Waals surface area contributed by atoms with E-state index >= 15 is 0 Å². The van der Waals surface area contributed by atoms with Crippen LogP contribution in [0.4, 0.5) is 0 Å². The van der Waals surface area contributed by atoms with E-state index in [1.54, 1.807) is 0 Å². The van der Waals surface area contributed by atoms with Crippen molar-refractivity contribution in [3.8, 4) is 56.2 Å². The van der Waals surface area contributed by atoms with Gasteiger partial charge >= 0.3 is 0 Å². The fourth-order valence-electron chi connectivity index (χ4n) is 6.60. The minimum Gasteiger partial charge on any atom is -0.393 e. The van der Waals surface area contributed by atoms with Crippen molar-refractivity contribution >= 4 is 33.3 Å². The Bertz CT molecular complexity index is 2540. The van der Waals surface area contributed by atoms with Gasteiger partial charge in [-0.15, -0.1) is 0 Å². The molecule has 0 saturated heterocycles. The Hall–Kier alpha value is -6.65. The maximum absolute atomic E-state index is 7.85. The van der Waals surface area contributed by atoms with Crippen LogP contribution in [0.3, 0.4) is 0 Å². The van der Waals surface area contributed by atoms with Crippen molar-refractivity contribution in [3.63, 3.8) is 0 Å². The van der Waals surface area contributed by atoms with E-state index < -0.39 is 0 Å². The van der Waals surface area contributed by atoms with E-state index in [2.05, 4.69) is 157 Å². The Morgan fingerprint density at radius 1 is 0.500 bits per heavy atom. The number of benzene rings is 7. The van der Waals surface area contributed by atoms with Crippen LogP contribution in [0.15, 0.2) is 170 Å². The molecule has 0 saturated carbocycles. The predicted octanol–water partition coefficient (Wildman–Crippen LogP) is 11.3. The zero-order chi connectivity index (χ0) is 33.9. The molecule has 0 aliphatic rings. The number of nitrogens with zero attached hydrogens (tertiary/aromatic N) is 2. The van der Waals surface area contributed by atoms with Crippen LogP contribution in [0, 0.1) is 5.41 Å². The molecule has 4 nitrogen and oxygen atoms in total. The lowest BCUT2D eigenvalue weighted by Crippen LogP contribution is -1.98. The van der Waals surface area contributed by atoms with Crippen LogP contribution in [0.25, 0.3) is 83.3 Å². The summed E-state index contributed by atoms with van der Waals surface area (Å²) < 4.78 is 0. The summed E-state index contributed by atoms with van der Waals surface area (Å²) in [4.78, 5) is 10.4. The van der Waals surface area contributed by atoms with E-state index in [0.29, 0.717) is 5.82 Å². The third-order valence-electron chi connectivity index (χ3n) is 9.16. The van der Waals surface area contributed by atoms with Crippen LogP contribution < -0.4 is 5.32 Å². The average molecular weight is 643 g/mol. The van der Waals surface area contributed by atoms with Gasteiger partial charge in [-0.2, -0.15) is 0 Å². The molecule has 0 bridgehead atoms. The summed E-state index contributed by atoms with van der Waals surface area (Å²) in [6.07, 6.45) is 3.19. The molecule has 0 spiro atoms. The third-order valence-corrected chi connectivity index (χ3v) is 9.16. The van der Waals surface area contributed by atoms with Gasteiger partial charge in [0.2, 0.25) is 0 Å². The fourth-order valence-corrected chi connectivity index (χ4v) is 6.60. The van der Waals surface area contributed by atoms with Crippen molar-refractivity contribution < 1.29 is 0 Å². The molecule has 1 heterocycles. The first-order chi connectivity index (χ1) is 24.7. The number of aromatic nitrogens is 2. The molecule has 4 heteroatoms. The van der Waals surface area contributed by atoms with Crippen molar-refractivity contribution in [2.45, 2.75) is 0 Å². The quantitative estimate of drug-likeness (QED) is 0.162. The molecule has 0 unspecified atom stereocenters. The second-order valence-electron chi connectivity index (χ2n) is 12.3. The molecule has 0 fully saturated rings. The number of rotatable bonds is 8. The minimum atomic E-state index is 0.662. The summed E-state index contributed by atoms with van der Waals surface area (Å²) in [5.74, 6) is 0.662. The summed E-state index contributed by atoms with van der Waals surface area (Å²) in [6, 6.07) is 57.4. The molecule has 0 atom stereocenters. The second kappa shape index (κ2) is 13.5. The third kappa shape index (κ3) is 6.07. The normalized spacial score (nSPS) is 11.5. The minimum absolute atomic E-state index is 0.662. The molecule has 0 radical (unpaired) electrons. The lowest BCUT2D eigenvalue weighted by molar-refractivity contribution is 1.11. The number of nitrogens with one attached hydrogen (secondary N) is 2. The largest absolute Gasteiger partial charge is 0.393 e. The SMILES string of the molecule is CN/C=C(\C=N)c1ccc(-c2cc(-c3cccc(-c4cccc5ccccc45)c3)nc(-c3cccc(-c4ccc5ccccc5c4)c3)n2)cc1. The topological polar surface area (TPSA) is 61.7 Å². The average Bonchev–Trinajstić information content (AvgIpc) is 3.19. The zero-order valence-corrected chi connectivity index (χ0v) is 27.6. The van der Waals surface area contributed by atoms with Crippen molar-refractivity contribution in [1.82, 2.24) is 15.3 Å². The van der Waals surface area contributed by atoms with Gasteiger partial charge in [0.25, 0.3) is 0 Å². The Labute approximate surface area is 292 Å². The number of allylic oxidation sites excluding steroid dienone is 1. The van der Waals surface area contributed by atoms with E-state index in [1.165, 1.54) is 33.3 Å². The number of hydrogen-bond donors (Lipinski definition) is 2. The van der Waals surface area contributed by atoms with Crippen molar-refractivity contribution in [3.05, 3.63) is 176 Å². The first-order valence-corrected chi connectivity index (χ1v) is 16.7. The Morgan fingerprint density at radius 2 is 1.10 bits per heavy atom. The van der Waals surface area contributed by atoms with Crippen LogP contribution in [0.5, 0.6) is 0 Å². The molecule has 2 N–H and O–H groups in total. The monoisotopic (exact) mass is 642 g/mol. The van der Waals surface area contributed by atoms with Gasteiger partial charge in [-0.3, -0.25) is 0 Å². The maximum atomic E-state index is 7.85. The lowest BCUT2D eigenvalue weighted by Gasteiger charge is -2.13. The van der Waals surface area contributed by atoms with Gasteiger partial charge in [-0.05, 0) is 73.6 Å². The smallest absolute Gasteiger partial charge is 0.160 e. The fraction of sp³-hybridized carbons (Fsp3) is 0.0217. The van der Waals surface area contributed by atoms with E-state index in [0.717, 1.165) is 55.9 Å². The standard InChI is InChI=1S/C46H34N4/c1-48-30-41(29-47)32-19-22-34(23-20-32)44-28-45(39-15-7-14-38(27-39)43-18-8-12-33-10-4-5-17-42(33)43)50-46(49-44)40-16-6-13-36(26-40)37-24-21-31-9-2-3-11-35(31)25-37/h2-30,47-48H,1H3/b41-30+,47-29?. The molecule has 7 aromatic carbocycles. The molecule has 8 aromatic rings. The summed E-state index contributed by atoms with van der Waals surface area (Å²) in [5, 5.41) is 15.8. The van der Waals surface area contributed by atoms with E-state index in [1.807, 2.05) is 25.4 Å². The van der Waals surface area contributed by atoms with Crippen LogP contribution in [-0.4, -0.2) is 23.2 Å². The van der Waals surface area contributed by atoms with Crippen LogP contribution >= 0.6 is 0 Å². The van der Waals surface area contributed by atoms with Gasteiger partial charge in [0.15, 0.2) is 5.82 Å². The van der Waals surface area contributed by atoms with E-state index in [4.69, 9.17) is 15.4 Å². The predicted molar refractivity (Wildman–Crippen MR) is 210 cm³/mol. The van der Waals surface area contributed by atoms with Gasteiger partial charge in [-0.1, -0.05) is 140 Å². The summed E-state index contributed by atoms with van der Waals surface area (Å²) in [6.45, 7) is 0. The van der Waals surface area contributed by atoms with Gasteiger partial charge in [0, 0.05) is 41.7 Å². The highest BCUT2D eigenvalue weighted by Gasteiger charge is 2.14. The Balaban J connectivity index is 1.26. The zero-order valence-electron chi connectivity index (χ0n) is 27.6. The van der Waals surface area contributed by atoms with E-state index in [-0.39, 0.29) is 0 Å². The van der Waals surface area contributed by atoms with Crippen molar-refractivity contribution in [1.29, 1.82) is 5.41 Å². The summed E-state index contributed by atoms with van der Waals surface area (Å²) >= 11 is 0. The molecular weight excluding hydrogens is 609 g/mol. The van der Waals surface area contributed by atoms with Gasteiger partial charge in [0.05, 0.1) is 11.4 Å². The summed E-state index contributed by atoms with van der Waals surface area (Å²) in [5.41, 5.74) is 11.0. The van der Waals surface area contributed by atoms with Crippen LogP contribution in [0.2, 0.25) is 0 Å². The summed E-state index contributed by atoms with van der Waals surface area (Å²) in [7, 11) is 1.84. The van der Waals surface area contributed by atoms with E-state index in [9.17, 15) is 0 Å². The Kier molecular flexibility index (Phi) is 8.26. The van der Waals surface area contributed by atoms with Gasteiger partial charge in [-0.25, -0.2) is 9.97 Å². The molecule has 238 valence electrons. The maximum Gasteiger partial charge on any atom is 0.160 e.